The summed E-state index contributed by atoms with van der Waals surface area (Å²) in [5.74, 6) is 0.700. The van der Waals surface area contributed by atoms with Crippen LogP contribution in [0.15, 0.2) is 48.5 Å². The monoisotopic (exact) mass is 333 g/mol. The quantitative estimate of drug-likeness (QED) is 0.809. The molecule has 0 bridgehead atoms. The average molecular weight is 333 g/mol. The molecule has 0 saturated carbocycles. The zero-order chi connectivity index (χ0) is 17.0. The smallest absolute Gasteiger partial charge is 0.237 e. The Balaban J connectivity index is 2.40. The van der Waals surface area contributed by atoms with Gasteiger partial charge in [0.05, 0.1) is 24.6 Å². The van der Waals surface area contributed by atoms with E-state index in [9.17, 15) is 8.42 Å². The standard InChI is InChI=1S/C18H23NO3S/c1-14(2)23(20,21)19(13-16-7-5-15(3)6-8-16)17-9-11-18(22-4)12-10-17/h5-12,14H,13H2,1-4H3. The molecule has 124 valence electrons. The van der Waals surface area contributed by atoms with Crippen LogP contribution < -0.4 is 9.04 Å². The van der Waals surface area contributed by atoms with Gasteiger partial charge in [0.2, 0.25) is 10.0 Å². The van der Waals surface area contributed by atoms with Crippen molar-refractivity contribution in [2.45, 2.75) is 32.6 Å². The van der Waals surface area contributed by atoms with E-state index in [1.807, 2.05) is 31.2 Å². The van der Waals surface area contributed by atoms with Crippen molar-refractivity contribution in [2.24, 2.45) is 0 Å². The molecule has 0 fully saturated rings. The third kappa shape index (κ3) is 4.05. The molecule has 0 aliphatic heterocycles. The van der Waals surface area contributed by atoms with E-state index < -0.39 is 15.3 Å². The highest BCUT2D eigenvalue weighted by atomic mass is 32.2. The van der Waals surface area contributed by atoms with Gasteiger partial charge >= 0.3 is 0 Å². The van der Waals surface area contributed by atoms with Crippen molar-refractivity contribution in [3.05, 3.63) is 59.7 Å². The van der Waals surface area contributed by atoms with Crippen LogP contribution in [0, 0.1) is 6.92 Å². The lowest BCUT2D eigenvalue weighted by Crippen LogP contribution is -2.36. The molecule has 2 aromatic rings. The lowest BCUT2D eigenvalue weighted by molar-refractivity contribution is 0.415. The molecule has 0 N–H and O–H groups in total. The molecule has 0 aromatic heterocycles. The number of hydrogen-bond acceptors (Lipinski definition) is 3. The minimum Gasteiger partial charge on any atom is -0.497 e. The lowest BCUT2D eigenvalue weighted by atomic mass is 10.1. The van der Waals surface area contributed by atoms with E-state index >= 15 is 0 Å². The maximum Gasteiger partial charge on any atom is 0.237 e. The molecule has 4 nitrogen and oxygen atoms in total. The second-order valence-electron chi connectivity index (χ2n) is 5.78. The van der Waals surface area contributed by atoms with Crippen molar-refractivity contribution in [3.63, 3.8) is 0 Å². The number of rotatable bonds is 6. The van der Waals surface area contributed by atoms with Gasteiger partial charge in [-0.2, -0.15) is 0 Å². The van der Waals surface area contributed by atoms with Gasteiger partial charge < -0.3 is 4.74 Å². The van der Waals surface area contributed by atoms with Crippen LogP contribution in [0.1, 0.15) is 25.0 Å². The zero-order valence-electron chi connectivity index (χ0n) is 14.0. The van der Waals surface area contributed by atoms with Crippen molar-refractivity contribution in [1.29, 1.82) is 0 Å². The molecule has 0 saturated heterocycles. The summed E-state index contributed by atoms with van der Waals surface area (Å²) < 4.78 is 32.1. The third-order valence-corrected chi connectivity index (χ3v) is 5.86. The van der Waals surface area contributed by atoms with E-state index in [1.165, 1.54) is 4.31 Å². The fraction of sp³-hybridized carbons (Fsp3) is 0.333. The molecule has 0 heterocycles. The first-order valence-corrected chi connectivity index (χ1v) is 9.06. The van der Waals surface area contributed by atoms with E-state index in [-0.39, 0.29) is 0 Å². The molecule has 0 aliphatic carbocycles. The SMILES string of the molecule is COc1ccc(N(Cc2ccc(C)cc2)S(=O)(=O)C(C)C)cc1. The predicted molar refractivity (Wildman–Crippen MR) is 94.4 cm³/mol. The number of aryl methyl sites for hydroxylation is 1. The summed E-state index contributed by atoms with van der Waals surface area (Å²) in [6, 6.07) is 15.0. The normalized spacial score (nSPS) is 11.5. The first-order chi connectivity index (χ1) is 10.8. The van der Waals surface area contributed by atoms with Crippen LogP contribution in [-0.4, -0.2) is 20.8 Å². The van der Waals surface area contributed by atoms with Gasteiger partial charge in [-0.3, -0.25) is 4.31 Å². The van der Waals surface area contributed by atoms with Gasteiger partial charge in [-0.1, -0.05) is 29.8 Å². The Labute approximate surface area is 138 Å². The highest BCUT2D eigenvalue weighted by Crippen LogP contribution is 2.26. The number of benzene rings is 2. The second-order valence-corrected chi connectivity index (χ2v) is 8.20. The maximum atomic E-state index is 12.8. The van der Waals surface area contributed by atoms with Crippen LogP contribution >= 0.6 is 0 Å². The maximum absolute atomic E-state index is 12.8. The molecule has 0 atom stereocenters. The Morgan fingerprint density at radius 2 is 1.57 bits per heavy atom. The number of ether oxygens (including phenoxy) is 1. The van der Waals surface area contributed by atoms with Crippen LogP contribution in [0.2, 0.25) is 0 Å². The second kappa shape index (κ2) is 7.04. The van der Waals surface area contributed by atoms with Crippen LogP contribution in [0.3, 0.4) is 0 Å². The predicted octanol–water partition coefficient (Wildman–Crippen LogP) is 3.75. The average Bonchev–Trinajstić information content (AvgIpc) is 2.54. The minimum absolute atomic E-state index is 0.313. The Morgan fingerprint density at radius 1 is 1.00 bits per heavy atom. The number of anilines is 1. The molecule has 0 spiro atoms. The Kier molecular flexibility index (Phi) is 5.31. The molecular formula is C18H23NO3S. The Morgan fingerprint density at radius 3 is 2.04 bits per heavy atom. The van der Waals surface area contributed by atoms with E-state index in [0.29, 0.717) is 18.0 Å². The van der Waals surface area contributed by atoms with Crippen molar-refractivity contribution in [1.82, 2.24) is 0 Å². The fourth-order valence-electron chi connectivity index (χ4n) is 2.19. The molecule has 2 rings (SSSR count). The Hall–Kier alpha value is -2.01. The van der Waals surface area contributed by atoms with E-state index in [1.54, 1.807) is 45.2 Å². The van der Waals surface area contributed by atoms with Crippen molar-refractivity contribution >= 4 is 15.7 Å². The summed E-state index contributed by atoms with van der Waals surface area (Å²) in [7, 11) is -1.84. The number of methoxy groups -OCH3 is 1. The van der Waals surface area contributed by atoms with Crippen LogP contribution in [0.4, 0.5) is 5.69 Å². The van der Waals surface area contributed by atoms with Crippen molar-refractivity contribution in [3.8, 4) is 5.75 Å². The summed E-state index contributed by atoms with van der Waals surface area (Å²) in [5.41, 5.74) is 2.74. The molecule has 5 heteroatoms. The summed E-state index contributed by atoms with van der Waals surface area (Å²) in [5, 5.41) is -0.491. The molecular weight excluding hydrogens is 310 g/mol. The van der Waals surface area contributed by atoms with Gasteiger partial charge in [-0.25, -0.2) is 8.42 Å². The summed E-state index contributed by atoms with van der Waals surface area (Å²) in [6.07, 6.45) is 0. The van der Waals surface area contributed by atoms with Gasteiger partial charge in [0.15, 0.2) is 0 Å². The van der Waals surface area contributed by atoms with E-state index in [0.717, 1.165) is 11.1 Å². The van der Waals surface area contributed by atoms with E-state index in [2.05, 4.69) is 0 Å². The van der Waals surface area contributed by atoms with Gasteiger partial charge in [-0.15, -0.1) is 0 Å². The zero-order valence-corrected chi connectivity index (χ0v) is 14.8. The molecule has 0 unspecified atom stereocenters. The largest absolute Gasteiger partial charge is 0.497 e. The molecule has 23 heavy (non-hydrogen) atoms. The third-order valence-electron chi connectivity index (χ3n) is 3.71. The van der Waals surface area contributed by atoms with Crippen LogP contribution in [0.5, 0.6) is 5.75 Å². The van der Waals surface area contributed by atoms with Crippen molar-refractivity contribution in [2.75, 3.05) is 11.4 Å². The first kappa shape index (κ1) is 17.3. The summed E-state index contributed by atoms with van der Waals surface area (Å²) in [4.78, 5) is 0. The minimum atomic E-state index is -3.43. The van der Waals surface area contributed by atoms with Crippen LogP contribution in [0.25, 0.3) is 0 Å². The van der Waals surface area contributed by atoms with Gasteiger partial charge in [0.1, 0.15) is 5.75 Å². The number of hydrogen-bond donors (Lipinski definition) is 0. The number of sulfonamides is 1. The summed E-state index contributed by atoms with van der Waals surface area (Å²) >= 11 is 0. The Bertz CT molecular complexity index is 735. The van der Waals surface area contributed by atoms with E-state index in [4.69, 9.17) is 4.74 Å². The van der Waals surface area contributed by atoms with Crippen LogP contribution in [-0.2, 0) is 16.6 Å². The van der Waals surface area contributed by atoms with Gasteiger partial charge in [-0.05, 0) is 50.6 Å². The number of nitrogens with zero attached hydrogens (tertiary/aromatic N) is 1. The summed E-state index contributed by atoms with van der Waals surface area (Å²) in [6.45, 7) is 5.71. The van der Waals surface area contributed by atoms with Gasteiger partial charge in [0, 0.05) is 0 Å². The molecule has 0 amide bonds. The van der Waals surface area contributed by atoms with Gasteiger partial charge in [0.25, 0.3) is 0 Å². The van der Waals surface area contributed by atoms with Crippen molar-refractivity contribution < 1.29 is 13.2 Å². The highest BCUT2D eigenvalue weighted by Gasteiger charge is 2.26. The topological polar surface area (TPSA) is 46.6 Å². The fourth-order valence-corrected chi connectivity index (χ4v) is 3.44. The highest BCUT2D eigenvalue weighted by molar-refractivity contribution is 7.93. The molecule has 2 aromatic carbocycles. The molecule has 0 aliphatic rings. The molecule has 0 radical (unpaired) electrons. The lowest BCUT2D eigenvalue weighted by Gasteiger charge is -2.27. The first-order valence-electron chi connectivity index (χ1n) is 7.55.